The third kappa shape index (κ3) is 3.61. The van der Waals surface area contributed by atoms with Gasteiger partial charge in [0.1, 0.15) is 5.76 Å². The predicted molar refractivity (Wildman–Crippen MR) is 78.0 cm³/mol. The number of nitrogens with one attached hydrogen (secondary N) is 1. The van der Waals surface area contributed by atoms with Crippen LogP contribution in [0.3, 0.4) is 0 Å². The zero-order valence-corrected chi connectivity index (χ0v) is 12.3. The van der Waals surface area contributed by atoms with Gasteiger partial charge in [-0.25, -0.2) is 0 Å². The lowest BCUT2D eigenvalue weighted by Crippen LogP contribution is -2.53. The van der Waals surface area contributed by atoms with Gasteiger partial charge in [0.05, 0.1) is 18.8 Å². The number of carbonyl (C=O) groups excluding carboxylic acids is 1. The van der Waals surface area contributed by atoms with Crippen LogP contribution in [0.25, 0.3) is 0 Å². The average molecular weight is 279 g/mol. The van der Waals surface area contributed by atoms with E-state index in [2.05, 4.69) is 17.1 Å². The van der Waals surface area contributed by atoms with Gasteiger partial charge in [-0.05, 0) is 51.3 Å². The zero-order valence-electron chi connectivity index (χ0n) is 12.3. The number of amides is 1. The maximum absolute atomic E-state index is 12.3. The molecule has 1 saturated heterocycles. The van der Waals surface area contributed by atoms with E-state index in [9.17, 15) is 4.79 Å². The fourth-order valence-corrected chi connectivity index (χ4v) is 2.83. The van der Waals surface area contributed by atoms with E-state index in [1.807, 2.05) is 19.1 Å². The third-order valence-electron chi connectivity index (χ3n) is 4.26. The molecule has 1 aliphatic heterocycles. The largest absolute Gasteiger partial charge is 0.467 e. The Labute approximate surface area is 120 Å². The summed E-state index contributed by atoms with van der Waals surface area (Å²) in [7, 11) is 0. The smallest absolute Gasteiger partial charge is 0.237 e. The second kappa shape index (κ2) is 6.90. The first kappa shape index (κ1) is 15.1. The second-order valence-electron chi connectivity index (χ2n) is 5.70. The molecule has 1 aliphatic rings. The Morgan fingerprint density at radius 1 is 1.60 bits per heavy atom. The number of carbonyl (C=O) groups is 1. The molecule has 1 aromatic rings. The molecule has 20 heavy (non-hydrogen) atoms. The number of likely N-dealkylation sites (tertiary alicyclic amines) is 1. The Morgan fingerprint density at radius 3 is 3.05 bits per heavy atom. The maximum atomic E-state index is 12.3. The van der Waals surface area contributed by atoms with Crippen LogP contribution in [0.5, 0.6) is 0 Å². The minimum atomic E-state index is -0.130. The molecule has 0 aromatic carbocycles. The van der Waals surface area contributed by atoms with Gasteiger partial charge in [-0.2, -0.15) is 0 Å². The van der Waals surface area contributed by atoms with Crippen molar-refractivity contribution in [3.8, 4) is 0 Å². The predicted octanol–water partition coefficient (Wildman–Crippen LogP) is 1.34. The molecule has 0 aliphatic carbocycles. The average Bonchev–Trinajstić information content (AvgIpc) is 2.98. The van der Waals surface area contributed by atoms with Crippen LogP contribution in [-0.4, -0.2) is 36.0 Å². The highest BCUT2D eigenvalue weighted by molar-refractivity contribution is 5.81. The summed E-state index contributed by atoms with van der Waals surface area (Å²) in [5.74, 6) is 1.33. The number of hydrogen-bond acceptors (Lipinski definition) is 4. The van der Waals surface area contributed by atoms with Crippen LogP contribution in [0.15, 0.2) is 22.8 Å². The molecule has 0 bridgehead atoms. The molecule has 2 heterocycles. The molecule has 0 radical (unpaired) electrons. The molecular formula is C15H25N3O2. The van der Waals surface area contributed by atoms with Gasteiger partial charge < -0.3 is 15.5 Å². The lowest BCUT2D eigenvalue weighted by molar-refractivity contribution is -0.127. The molecule has 112 valence electrons. The molecule has 5 nitrogen and oxygen atoms in total. The minimum Gasteiger partial charge on any atom is -0.467 e. The highest BCUT2D eigenvalue weighted by atomic mass is 16.3. The molecule has 3 unspecified atom stereocenters. The van der Waals surface area contributed by atoms with Gasteiger partial charge in [-0.1, -0.05) is 0 Å². The highest BCUT2D eigenvalue weighted by Crippen LogP contribution is 2.23. The van der Waals surface area contributed by atoms with Gasteiger partial charge in [0.15, 0.2) is 0 Å². The van der Waals surface area contributed by atoms with E-state index >= 15 is 0 Å². The zero-order chi connectivity index (χ0) is 14.5. The summed E-state index contributed by atoms with van der Waals surface area (Å²) < 4.78 is 5.22. The van der Waals surface area contributed by atoms with Crippen molar-refractivity contribution in [3.63, 3.8) is 0 Å². The first-order valence-electron chi connectivity index (χ1n) is 7.37. The normalized spacial score (nSPS) is 25.4. The molecule has 0 spiro atoms. The highest BCUT2D eigenvalue weighted by Gasteiger charge is 2.31. The Morgan fingerprint density at radius 2 is 2.40 bits per heavy atom. The fraction of sp³-hybridized carbons (Fsp3) is 0.667. The maximum Gasteiger partial charge on any atom is 0.237 e. The first-order chi connectivity index (χ1) is 9.61. The van der Waals surface area contributed by atoms with E-state index in [0.29, 0.717) is 25.0 Å². The van der Waals surface area contributed by atoms with Gasteiger partial charge >= 0.3 is 0 Å². The van der Waals surface area contributed by atoms with E-state index in [1.165, 1.54) is 0 Å². The van der Waals surface area contributed by atoms with Gasteiger partial charge in [-0.3, -0.25) is 9.69 Å². The van der Waals surface area contributed by atoms with E-state index in [1.54, 1.807) is 6.26 Å². The quantitative estimate of drug-likeness (QED) is 0.853. The first-order valence-corrected chi connectivity index (χ1v) is 7.37. The van der Waals surface area contributed by atoms with Crippen molar-refractivity contribution in [2.45, 2.75) is 45.3 Å². The fourth-order valence-electron chi connectivity index (χ4n) is 2.83. The van der Waals surface area contributed by atoms with Crippen LogP contribution in [-0.2, 0) is 11.3 Å². The van der Waals surface area contributed by atoms with Gasteiger partial charge in [0.2, 0.25) is 5.91 Å². The van der Waals surface area contributed by atoms with Crippen LogP contribution < -0.4 is 11.1 Å². The van der Waals surface area contributed by atoms with Crippen molar-refractivity contribution in [2.24, 2.45) is 11.7 Å². The minimum absolute atomic E-state index is 0.0471. The van der Waals surface area contributed by atoms with E-state index in [0.717, 1.165) is 25.1 Å². The summed E-state index contributed by atoms with van der Waals surface area (Å²) in [6, 6.07) is 3.99. The Bertz CT molecular complexity index is 419. The van der Waals surface area contributed by atoms with Gasteiger partial charge in [0.25, 0.3) is 0 Å². The van der Waals surface area contributed by atoms with E-state index < -0.39 is 0 Å². The Kier molecular flexibility index (Phi) is 5.20. The number of piperidine rings is 1. The topological polar surface area (TPSA) is 71.5 Å². The van der Waals surface area contributed by atoms with Gasteiger partial charge in [-0.15, -0.1) is 0 Å². The monoisotopic (exact) mass is 279 g/mol. The van der Waals surface area contributed by atoms with Crippen LogP contribution in [0, 0.1) is 5.92 Å². The lowest BCUT2D eigenvalue weighted by Gasteiger charge is -2.40. The molecular weight excluding hydrogens is 254 g/mol. The van der Waals surface area contributed by atoms with E-state index in [4.69, 9.17) is 10.2 Å². The molecule has 3 N–H and O–H groups in total. The summed E-state index contributed by atoms with van der Waals surface area (Å²) in [5.41, 5.74) is 5.77. The molecule has 0 saturated carbocycles. The summed E-state index contributed by atoms with van der Waals surface area (Å²) in [4.78, 5) is 14.5. The number of hydrogen-bond donors (Lipinski definition) is 2. The lowest BCUT2D eigenvalue weighted by atomic mass is 9.92. The summed E-state index contributed by atoms with van der Waals surface area (Å²) in [6.45, 7) is 6.20. The number of rotatable bonds is 5. The van der Waals surface area contributed by atoms with Crippen LogP contribution in [0.2, 0.25) is 0 Å². The van der Waals surface area contributed by atoms with Crippen molar-refractivity contribution >= 4 is 5.91 Å². The SMILES string of the molecule is CC1CCC(CN)CN1C(C)C(=O)NCc1ccco1. The van der Waals surface area contributed by atoms with E-state index in [-0.39, 0.29) is 11.9 Å². The standard InChI is InChI=1S/C15H25N3O2/c1-11-5-6-13(8-16)10-18(11)12(2)15(19)17-9-14-4-3-7-20-14/h3-4,7,11-13H,5-6,8-10,16H2,1-2H3,(H,17,19). The van der Waals surface area contributed by atoms with Crippen LogP contribution in [0.1, 0.15) is 32.4 Å². The second-order valence-corrected chi connectivity index (χ2v) is 5.70. The van der Waals surface area contributed by atoms with Crippen molar-refractivity contribution in [1.82, 2.24) is 10.2 Å². The number of nitrogens with two attached hydrogens (primary N) is 1. The summed E-state index contributed by atoms with van der Waals surface area (Å²) >= 11 is 0. The van der Waals surface area contributed by atoms with Crippen molar-refractivity contribution < 1.29 is 9.21 Å². The Hall–Kier alpha value is -1.33. The molecule has 1 aromatic heterocycles. The van der Waals surface area contributed by atoms with Crippen molar-refractivity contribution in [1.29, 1.82) is 0 Å². The summed E-state index contributed by atoms with van der Waals surface area (Å²) in [5, 5.41) is 2.93. The Balaban J connectivity index is 1.88. The molecule has 2 rings (SSSR count). The molecule has 1 fully saturated rings. The van der Waals surface area contributed by atoms with Crippen LogP contribution >= 0.6 is 0 Å². The summed E-state index contributed by atoms with van der Waals surface area (Å²) in [6.07, 6.45) is 3.88. The van der Waals surface area contributed by atoms with Gasteiger partial charge in [0, 0.05) is 12.6 Å². The molecule has 3 atom stereocenters. The van der Waals surface area contributed by atoms with Crippen molar-refractivity contribution in [3.05, 3.63) is 24.2 Å². The van der Waals surface area contributed by atoms with Crippen LogP contribution in [0.4, 0.5) is 0 Å². The van der Waals surface area contributed by atoms with Crippen molar-refractivity contribution in [2.75, 3.05) is 13.1 Å². The molecule has 5 heteroatoms. The third-order valence-corrected chi connectivity index (χ3v) is 4.26. The number of furan rings is 1. The number of nitrogens with zero attached hydrogens (tertiary/aromatic N) is 1. The molecule has 1 amide bonds.